The van der Waals surface area contributed by atoms with Crippen LogP contribution in [0.3, 0.4) is 0 Å². The van der Waals surface area contributed by atoms with Crippen molar-refractivity contribution in [2.24, 2.45) is 5.92 Å². The maximum atomic E-state index is 5.81. The first-order valence-electron chi connectivity index (χ1n) is 8.07. The average molecular weight is 291 g/mol. The molecule has 0 spiro atoms. The molecule has 2 atom stereocenters. The molecule has 1 aromatic carbocycles. The Morgan fingerprint density at radius 2 is 2.05 bits per heavy atom. The molecule has 4 heteroatoms. The zero-order chi connectivity index (χ0) is 14.5. The standard InChI is InChI=1S/C17H25NO3/c1-2-18-15(10-13-6-9-19-12-13)14-4-5-16-17(11-14)21-8-3-7-20-16/h4-5,11,13,15,18H,2-3,6-10,12H2,1H3. The first-order valence-corrected chi connectivity index (χ1v) is 8.07. The highest BCUT2D eigenvalue weighted by molar-refractivity contribution is 5.44. The maximum Gasteiger partial charge on any atom is 0.161 e. The summed E-state index contributed by atoms with van der Waals surface area (Å²) >= 11 is 0. The van der Waals surface area contributed by atoms with Crippen molar-refractivity contribution in [2.45, 2.75) is 32.2 Å². The molecule has 0 saturated carbocycles. The molecule has 1 fully saturated rings. The number of hydrogen-bond acceptors (Lipinski definition) is 4. The van der Waals surface area contributed by atoms with Gasteiger partial charge in [-0.2, -0.15) is 0 Å². The van der Waals surface area contributed by atoms with E-state index in [1.807, 2.05) is 6.07 Å². The second kappa shape index (κ2) is 7.14. The van der Waals surface area contributed by atoms with Crippen LogP contribution in [0.1, 0.15) is 37.8 Å². The van der Waals surface area contributed by atoms with Gasteiger partial charge in [0.15, 0.2) is 11.5 Å². The minimum atomic E-state index is 0.360. The molecular weight excluding hydrogens is 266 g/mol. The number of fused-ring (bicyclic) bond motifs is 1. The maximum absolute atomic E-state index is 5.81. The molecule has 0 amide bonds. The quantitative estimate of drug-likeness (QED) is 0.905. The number of benzene rings is 1. The van der Waals surface area contributed by atoms with Gasteiger partial charge in [0, 0.05) is 25.7 Å². The Morgan fingerprint density at radius 1 is 1.19 bits per heavy atom. The second-order valence-corrected chi connectivity index (χ2v) is 5.83. The molecule has 4 nitrogen and oxygen atoms in total. The van der Waals surface area contributed by atoms with E-state index in [0.29, 0.717) is 12.0 Å². The molecule has 2 aliphatic heterocycles. The predicted molar refractivity (Wildman–Crippen MR) is 82.0 cm³/mol. The van der Waals surface area contributed by atoms with E-state index in [4.69, 9.17) is 14.2 Å². The van der Waals surface area contributed by atoms with E-state index in [9.17, 15) is 0 Å². The summed E-state index contributed by atoms with van der Waals surface area (Å²) in [6.07, 6.45) is 3.24. The van der Waals surface area contributed by atoms with Crippen molar-refractivity contribution in [3.8, 4) is 11.5 Å². The highest BCUT2D eigenvalue weighted by atomic mass is 16.5. The van der Waals surface area contributed by atoms with Gasteiger partial charge in [-0.1, -0.05) is 13.0 Å². The van der Waals surface area contributed by atoms with Crippen molar-refractivity contribution in [3.05, 3.63) is 23.8 Å². The van der Waals surface area contributed by atoms with E-state index < -0.39 is 0 Å². The molecule has 1 aromatic rings. The summed E-state index contributed by atoms with van der Waals surface area (Å²) in [6, 6.07) is 6.71. The third-order valence-corrected chi connectivity index (χ3v) is 4.22. The predicted octanol–water partition coefficient (Wildman–Crippen LogP) is 2.93. The first kappa shape index (κ1) is 14.7. The van der Waals surface area contributed by atoms with Crippen LogP contribution in [0.5, 0.6) is 11.5 Å². The smallest absolute Gasteiger partial charge is 0.161 e. The van der Waals surface area contributed by atoms with Crippen LogP contribution in [-0.2, 0) is 4.74 Å². The third-order valence-electron chi connectivity index (χ3n) is 4.22. The van der Waals surface area contributed by atoms with Crippen molar-refractivity contribution in [1.29, 1.82) is 0 Å². The molecular formula is C17H25NO3. The van der Waals surface area contributed by atoms with Crippen LogP contribution in [0.2, 0.25) is 0 Å². The molecule has 1 N–H and O–H groups in total. The van der Waals surface area contributed by atoms with Crippen LogP contribution in [-0.4, -0.2) is 33.0 Å². The molecule has 2 heterocycles. The van der Waals surface area contributed by atoms with E-state index in [0.717, 1.165) is 57.3 Å². The Balaban J connectivity index is 1.76. The van der Waals surface area contributed by atoms with Gasteiger partial charge in [0.25, 0.3) is 0 Å². The summed E-state index contributed by atoms with van der Waals surface area (Å²) in [4.78, 5) is 0. The Bertz CT molecular complexity index is 457. The molecule has 116 valence electrons. The molecule has 0 aliphatic carbocycles. The summed E-state index contributed by atoms with van der Waals surface area (Å²) in [5, 5.41) is 3.60. The highest BCUT2D eigenvalue weighted by Gasteiger charge is 2.22. The van der Waals surface area contributed by atoms with Crippen LogP contribution in [0.25, 0.3) is 0 Å². The lowest BCUT2D eigenvalue weighted by Crippen LogP contribution is -2.23. The fourth-order valence-corrected chi connectivity index (χ4v) is 3.08. The van der Waals surface area contributed by atoms with Crippen LogP contribution in [0.15, 0.2) is 18.2 Å². The Kier molecular flexibility index (Phi) is 4.99. The van der Waals surface area contributed by atoms with Gasteiger partial charge in [0.1, 0.15) is 0 Å². The van der Waals surface area contributed by atoms with Crippen molar-refractivity contribution in [2.75, 3.05) is 33.0 Å². The highest BCUT2D eigenvalue weighted by Crippen LogP contribution is 2.34. The second-order valence-electron chi connectivity index (χ2n) is 5.83. The van der Waals surface area contributed by atoms with Gasteiger partial charge < -0.3 is 19.5 Å². The van der Waals surface area contributed by atoms with Gasteiger partial charge in [0.2, 0.25) is 0 Å². The topological polar surface area (TPSA) is 39.7 Å². The lowest BCUT2D eigenvalue weighted by atomic mass is 9.94. The molecule has 2 aliphatic rings. The van der Waals surface area contributed by atoms with E-state index in [2.05, 4.69) is 24.4 Å². The number of ether oxygens (including phenoxy) is 3. The van der Waals surface area contributed by atoms with Crippen molar-refractivity contribution in [3.63, 3.8) is 0 Å². The average Bonchev–Trinajstić information content (AvgIpc) is 2.90. The summed E-state index contributed by atoms with van der Waals surface area (Å²) in [6.45, 7) is 6.40. The fourth-order valence-electron chi connectivity index (χ4n) is 3.08. The van der Waals surface area contributed by atoms with E-state index >= 15 is 0 Å². The monoisotopic (exact) mass is 291 g/mol. The third kappa shape index (κ3) is 3.69. The van der Waals surface area contributed by atoms with Crippen molar-refractivity contribution in [1.82, 2.24) is 5.32 Å². The van der Waals surface area contributed by atoms with Crippen molar-refractivity contribution < 1.29 is 14.2 Å². The van der Waals surface area contributed by atoms with Gasteiger partial charge in [-0.15, -0.1) is 0 Å². The number of hydrogen-bond donors (Lipinski definition) is 1. The zero-order valence-electron chi connectivity index (χ0n) is 12.8. The van der Waals surface area contributed by atoms with Crippen LogP contribution in [0, 0.1) is 5.92 Å². The Morgan fingerprint density at radius 3 is 2.81 bits per heavy atom. The van der Waals surface area contributed by atoms with Gasteiger partial charge in [-0.3, -0.25) is 0 Å². The SMILES string of the molecule is CCNC(CC1CCOC1)c1ccc2c(c1)OCCCO2. The normalized spacial score (nSPS) is 22.8. The Labute approximate surface area is 126 Å². The molecule has 0 bridgehead atoms. The van der Waals surface area contributed by atoms with Crippen LogP contribution < -0.4 is 14.8 Å². The molecule has 2 unspecified atom stereocenters. The lowest BCUT2D eigenvalue weighted by molar-refractivity contribution is 0.181. The van der Waals surface area contributed by atoms with Crippen LogP contribution >= 0.6 is 0 Å². The number of nitrogens with one attached hydrogen (secondary N) is 1. The van der Waals surface area contributed by atoms with E-state index in [-0.39, 0.29) is 0 Å². The minimum Gasteiger partial charge on any atom is -0.490 e. The largest absolute Gasteiger partial charge is 0.490 e. The molecule has 3 rings (SSSR count). The summed E-state index contributed by atoms with van der Waals surface area (Å²) in [7, 11) is 0. The Hall–Kier alpha value is -1.26. The summed E-state index contributed by atoms with van der Waals surface area (Å²) in [5.41, 5.74) is 1.29. The number of rotatable bonds is 5. The van der Waals surface area contributed by atoms with Gasteiger partial charge in [0.05, 0.1) is 13.2 Å². The lowest BCUT2D eigenvalue weighted by Gasteiger charge is -2.22. The van der Waals surface area contributed by atoms with E-state index in [1.54, 1.807) is 0 Å². The molecule has 21 heavy (non-hydrogen) atoms. The van der Waals surface area contributed by atoms with Crippen molar-refractivity contribution >= 4 is 0 Å². The molecule has 0 aromatic heterocycles. The van der Waals surface area contributed by atoms with Gasteiger partial charge in [-0.05, 0) is 43.0 Å². The molecule has 0 radical (unpaired) electrons. The molecule has 1 saturated heterocycles. The minimum absolute atomic E-state index is 0.360. The summed E-state index contributed by atoms with van der Waals surface area (Å²) in [5.74, 6) is 2.41. The van der Waals surface area contributed by atoms with Crippen LogP contribution in [0.4, 0.5) is 0 Å². The van der Waals surface area contributed by atoms with Gasteiger partial charge >= 0.3 is 0 Å². The zero-order valence-corrected chi connectivity index (χ0v) is 12.8. The fraction of sp³-hybridized carbons (Fsp3) is 0.647. The van der Waals surface area contributed by atoms with E-state index in [1.165, 1.54) is 12.0 Å². The first-order chi connectivity index (χ1) is 10.4. The van der Waals surface area contributed by atoms with Gasteiger partial charge in [-0.25, -0.2) is 0 Å². The summed E-state index contributed by atoms with van der Waals surface area (Å²) < 4.78 is 17.0.